The van der Waals surface area contributed by atoms with E-state index >= 15 is 0 Å². The van der Waals surface area contributed by atoms with Gasteiger partial charge in [-0.3, -0.25) is 14.2 Å². The molecule has 1 atom stereocenters. The lowest BCUT2D eigenvalue weighted by atomic mass is 9.55. The van der Waals surface area contributed by atoms with Crippen molar-refractivity contribution in [3.63, 3.8) is 0 Å². The van der Waals surface area contributed by atoms with Gasteiger partial charge in [-0.05, 0) is 87.5 Å². The van der Waals surface area contributed by atoms with Gasteiger partial charge >= 0.3 is 0 Å². The summed E-state index contributed by atoms with van der Waals surface area (Å²) in [6.07, 6.45) is 10.9. The molecule has 4 fully saturated rings. The minimum absolute atomic E-state index is 0.0978. The van der Waals surface area contributed by atoms with E-state index in [1.165, 1.54) is 53.6 Å². The summed E-state index contributed by atoms with van der Waals surface area (Å²) in [6.45, 7) is 1.76. The SMILES string of the molecule is C[C@@H](C(=O)NN=C1C2CC3CC(C2)CC1C3)n1cnc2sc3c(c2c1=O)CCC3. The summed E-state index contributed by atoms with van der Waals surface area (Å²) in [6, 6.07) is -0.627. The average molecular weight is 411 g/mol. The molecule has 7 heteroatoms. The van der Waals surface area contributed by atoms with Crippen LogP contribution in [0, 0.1) is 23.7 Å². The van der Waals surface area contributed by atoms with Crippen LogP contribution in [-0.2, 0) is 17.6 Å². The smallest absolute Gasteiger partial charge is 0.263 e. The number of hydrazone groups is 1. The number of aryl methyl sites for hydroxylation is 2. The van der Waals surface area contributed by atoms with Crippen LogP contribution in [0.15, 0.2) is 16.2 Å². The van der Waals surface area contributed by atoms with Crippen molar-refractivity contribution in [2.24, 2.45) is 28.8 Å². The van der Waals surface area contributed by atoms with Gasteiger partial charge in [-0.15, -0.1) is 11.3 Å². The maximum absolute atomic E-state index is 13.1. The highest BCUT2D eigenvalue weighted by Gasteiger charge is 2.46. The Kier molecular flexibility index (Phi) is 3.98. The summed E-state index contributed by atoms with van der Waals surface area (Å²) < 4.78 is 1.47. The topological polar surface area (TPSA) is 76.3 Å². The van der Waals surface area contributed by atoms with Crippen LogP contribution in [0.1, 0.15) is 61.9 Å². The number of rotatable bonds is 3. The van der Waals surface area contributed by atoms with Gasteiger partial charge in [-0.25, -0.2) is 10.4 Å². The van der Waals surface area contributed by atoms with E-state index in [1.54, 1.807) is 18.3 Å². The lowest BCUT2D eigenvalue weighted by molar-refractivity contribution is -0.123. The largest absolute Gasteiger partial charge is 0.286 e. The second-order valence-corrected chi connectivity index (χ2v) is 10.6. The molecule has 2 heterocycles. The molecule has 152 valence electrons. The highest BCUT2D eigenvalue weighted by Crippen LogP contribution is 2.52. The first kappa shape index (κ1) is 17.8. The number of thiophene rings is 1. The van der Waals surface area contributed by atoms with Crippen LogP contribution in [0.4, 0.5) is 0 Å². The van der Waals surface area contributed by atoms with Crippen LogP contribution in [0.5, 0.6) is 0 Å². The van der Waals surface area contributed by atoms with E-state index in [2.05, 4.69) is 15.5 Å². The summed E-state index contributed by atoms with van der Waals surface area (Å²) in [4.78, 5) is 32.5. The maximum Gasteiger partial charge on any atom is 0.263 e. The van der Waals surface area contributed by atoms with Gasteiger partial charge < -0.3 is 0 Å². The molecule has 2 aromatic heterocycles. The molecule has 0 aliphatic heterocycles. The van der Waals surface area contributed by atoms with E-state index in [-0.39, 0.29) is 11.5 Å². The van der Waals surface area contributed by atoms with Crippen molar-refractivity contribution in [2.75, 3.05) is 0 Å². The van der Waals surface area contributed by atoms with Gasteiger partial charge in [-0.1, -0.05) is 0 Å². The Labute approximate surface area is 173 Å². The zero-order chi connectivity index (χ0) is 19.7. The Morgan fingerprint density at radius 3 is 2.66 bits per heavy atom. The molecule has 0 unspecified atom stereocenters. The van der Waals surface area contributed by atoms with E-state index in [4.69, 9.17) is 0 Å². The molecule has 29 heavy (non-hydrogen) atoms. The van der Waals surface area contributed by atoms with Gasteiger partial charge in [0.05, 0.1) is 11.7 Å². The molecule has 2 aromatic rings. The molecular formula is C22H26N4O2S. The van der Waals surface area contributed by atoms with E-state index in [0.29, 0.717) is 11.8 Å². The number of carbonyl (C=O) groups excluding carboxylic acids is 1. The van der Waals surface area contributed by atoms with E-state index in [0.717, 1.165) is 46.9 Å². The molecule has 0 aromatic carbocycles. The van der Waals surface area contributed by atoms with Gasteiger partial charge in [0, 0.05) is 10.6 Å². The number of hydrogen-bond donors (Lipinski definition) is 1. The highest BCUT2D eigenvalue weighted by molar-refractivity contribution is 7.18. The quantitative estimate of drug-likeness (QED) is 0.788. The van der Waals surface area contributed by atoms with Crippen LogP contribution in [0.25, 0.3) is 10.2 Å². The van der Waals surface area contributed by atoms with E-state index < -0.39 is 6.04 Å². The third-order valence-corrected chi connectivity index (χ3v) is 8.92. The molecule has 7 rings (SSSR count). The summed E-state index contributed by atoms with van der Waals surface area (Å²) in [5.41, 5.74) is 5.05. The van der Waals surface area contributed by atoms with Crippen molar-refractivity contribution in [2.45, 2.75) is 64.3 Å². The third-order valence-electron chi connectivity index (χ3n) is 7.72. The van der Waals surface area contributed by atoms with Crippen molar-refractivity contribution in [3.8, 4) is 0 Å². The van der Waals surface area contributed by atoms with E-state index in [1.807, 2.05) is 0 Å². The predicted octanol–water partition coefficient (Wildman–Crippen LogP) is 3.44. The van der Waals surface area contributed by atoms with Crippen molar-refractivity contribution in [3.05, 3.63) is 27.1 Å². The fourth-order valence-electron chi connectivity index (χ4n) is 6.46. The lowest BCUT2D eigenvalue weighted by Gasteiger charge is -2.50. The summed E-state index contributed by atoms with van der Waals surface area (Å²) in [5.74, 6) is 2.61. The second-order valence-electron chi connectivity index (χ2n) is 9.49. The number of nitrogens with one attached hydrogen (secondary N) is 1. The number of aromatic nitrogens is 2. The Hall–Kier alpha value is -2.02. The summed E-state index contributed by atoms with van der Waals surface area (Å²) in [7, 11) is 0. The van der Waals surface area contributed by atoms with Crippen LogP contribution in [0.2, 0.25) is 0 Å². The van der Waals surface area contributed by atoms with Crippen LogP contribution in [-0.4, -0.2) is 21.2 Å². The van der Waals surface area contributed by atoms with Gasteiger partial charge in [0.25, 0.3) is 11.5 Å². The predicted molar refractivity (Wildman–Crippen MR) is 113 cm³/mol. The molecule has 5 aliphatic rings. The third kappa shape index (κ3) is 2.73. The van der Waals surface area contributed by atoms with Gasteiger partial charge in [0.15, 0.2) is 0 Å². The molecule has 6 nitrogen and oxygen atoms in total. The zero-order valence-corrected chi connectivity index (χ0v) is 17.5. The first-order valence-electron chi connectivity index (χ1n) is 11.0. The van der Waals surface area contributed by atoms with Crippen molar-refractivity contribution < 1.29 is 4.79 Å². The molecule has 0 saturated heterocycles. The number of fused-ring (bicyclic) bond motifs is 3. The Bertz CT molecular complexity index is 1070. The van der Waals surface area contributed by atoms with Crippen LogP contribution in [0.3, 0.4) is 0 Å². The molecule has 0 spiro atoms. The zero-order valence-electron chi connectivity index (χ0n) is 16.7. The Balaban J connectivity index is 1.25. The minimum atomic E-state index is -0.627. The lowest BCUT2D eigenvalue weighted by Crippen LogP contribution is -2.46. The second kappa shape index (κ2) is 6.49. The first-order chi connectivity index (χ1) is 14.1. The van der Waals surface area contributed by atoms with Gasteiger partial charge in [0.2, 0.25) is 0 Å². The first-order valence-corrected chi connectivity index (χ1v) is 11.8. The molecule has 5 aliphatic carbocycles. The van der Waals surface area contributed by atoms with E-state index in [9.17, 15) is 9.59 Å². The maximum atomic E-state index is 13.1. The van der Waals surface area contributed by atoms with Crippen molar-refractivity contribution in [1.29, 1.82) is 0 Å². The fraction of sp³-hybridized carbons (Fsp3) is 0.636. The van der Waals surface area contributed by atoms with Crippen molar-refractivity contribution in [1.82, 2.24) is 15.0 Å². The normalized spacial score (nSPS) is 30.6. The van der Waals surface area contributed by atoms with Crippen LogP contribution >= 0.6 is 11.3 Å². The summed E-state index contributed by atoms with van der Waals surface area (Å²) in [5, 5.41) is 5.31. The minimum Gasteiger partial charge on any atom is -0.286 e. The number of carbonyl (C=O) groups is 1. The fourth-order valence-corrected chi connectivity index (χ4v) is 7.68. The summed E-state index contributed by atoms with van der Waals surface area (Å²) >= 11 is 1.62. The molecule has 4 saturated carbocycles. The van der Waals surface area contributed by atoms with Gasteiger partial charge in [0.1, 0.15) is 10.9 Å². The molecule has 0 radical (unpaired) electrons. The molecule has 1 N–H and O–H groups in total. The number of amides is 1. The molecule has 1 amide bonds. The van der Waals surface area contributed by atoms with Crippen LogP contribution < -0.4 is 11.0 Å². The molecular weight excluding hydrogens is 384 g/mol. The highest BCUT2D eigenvalue weighted by atomic mass is 32.1. The standard InChI is InChI=1S/C22H26N4O2S/c1-11(26-10-23-21-18(22(26)28)16-3-2-4-17(16)29-21)20(27)25-24-19-14-6-12-5-13(8-14)9-15(19)7-12/h10-15H,2-9H2,1H3,(H,25,27)/t11-,12?,13?,14?,15?/m0/s1. The monoisotopic (exact) mass is 410 g/mol. The Morgan fingerprint density at radius 2 is 1.93 bits per heavy atom. The number of hydrogen-bond acceptors (Lipinski definition) is 5. The van der Waals surface area contributed by atoms with Gasteiger partial charge in [-0.2, -0.15) is 5.10 Å². The average Bonchev–Trinajstić information content (AvgIpc) is 3.27. The molecule has 4 bridgehead atoms. The Morgan fingerprint density at radius 1 is 1.21 bits per heavy atom. The van der Waals surface area contributed by atoms with Crippen molar-refractivity contribution >= 4 is 33.2 Å². The number of nitrogens with zero attached hydrogens (tertiary/aromatic N) is 3.